The SMILES string of the molecule is CCCNC1(CF)CCN1. The average molecular weight is 146 g/mol. The first-order valence-corrected chi connectivity index (χ1v) is 3.89. The molecular weight excluding hydrogens is 131 g/mol. The van der Waals surface area contributed by atoms with E-state index in [0.717, 1.165) is 25.9 Å². The fourth-order valence-electron chi connectivity index (χ4n) is 1.10. The highest BCUT2D eigenvalue weighted by atomic mass is 19.1. The molecule has 0 aromatic rings. The molecule has 60 valence electrons. The van der Waals surface area contributed by atoms with Gasteiger partial charge in [0.1, 0.15) is 6.67 Å². The van der Waals surface area contributed by atoms with Crippen LogP contribution in [0, 0.1) is 0 Å². The van der Waals surface area contributed by atoms with Gasteiger partial charge in [0.25, 0.3) is 0 Å². The molecule has 0 saturated carbocycles. The molecule has 0 radical (unpaired) electrons. The van der Waals surface area contributed by atoms with Gasteiger partial charge in [-0.05, 0) is 19.4 Å². The van der Waals surface area contributed by atoms with E-state index in [0.29, 0.717) is 0 Å². The predicted molar refractivity (Wildman–Crippen MR) is 39.6 cm³/mol. The van der Waals surface area contributed by atoms with Gasteiger partial charge < -0.3 is 0 Å². The maximum absolute atomic E-state index is 12.3. The third kappa shape index (κ3) is 1.47. The zero-order valence-corrected chi connectivity index (χ0v) is 6.41. The van der Waals surface area contributed by atoms with Crippen LogP contribution in [0.1, 0.15) is 19.8 Å². The molecule has 1 unspecified atom stereocenters. The molecule has 1 saturated heterocycles. The molecule has 3 heteroatoms. The van der Waals surface area contributed by atoms with Gasteiger partial charge in [0.2, 0.25) is 0 Å². The number of hydrogen-bond donors (Lipinski definition) is 2. The van der Waals surface area contributed by atoms with E-state index >= 15 is 0 Å². The van der Waals surface area contributed by atoms with E-state index in [4.69, 9.17) is 0 Å². The highest BCUT2D eigenvalue weighted by Crippen LogP contribution is 2.15. The Balaban J connectivity index is 2.20. The minimum absolute atomic E-state index is 0.299. The van der Waals surface area contributed by atoms with E-state index in [1.165, 1.54) is 0 Å². The summed E-state index contributed by atoms with van der Waals surface area (Å²) in [6, 6.07) is 0. The Morgan fingerprint density at radius 3 is 2.70 bits per heavy atom. The lowest BCUT2D eigenvalue weighted by Crippen LogP contribution is -2.67. The van der Waals surface area contributed by atoms with Gasteiger partial charge in [-0.15, -0.1) is 0 Å². The van der Waals surface area contributed by atoms with Crippen molar-refractivity contribution in [2.45, 2.75) is 25.4 Å². The lowest BCUT2D eigenvalue weighted by atomic mass is 10.00. The first kappa shape index (κ1) is 7.95. The third-order valence-corrected chi connectivity index (χ3v) is 1.96. The van der Waals surface area contributed by atoms with Gasteiger partial charge in [-0.25, -0.2) is 4.39 Å². The second-order valence-electron chi connectivity index (χ2n) is 2.82. The maximum Gasteiger partial charge on any atom is 0.121 e. The van der Waals surface area contributed by atoms with Crippen molar-refractivity contribution in [3.63, 3.8) is 0 Å². The molecule has 0 amide bonds. The maximum atomic E-state index is 12.3. The summed E-state index contributed by atoms with van der Waals surface area (Å²) in [4.78, 5) is 0. The Bertz CT molecular complexity index is 96.3. The summed E-state index contributed by atoms with van der Waals surface area (Å²) < 4.78 is 12.3. The van der Waals surface area contributed by atoms with Crippen molar-refractivity contribution in [3.8, 4) is 0 Å². The van der Waals surface area contributed by atoms with Crippen LogP contribution in [-0.4, -0.2) is 25.4 Å². The normalized spacial score (nSPS) is 31.8. The van der Waals surface area contributed by atoms with Crippen LogP contribution in [0.5, 0.6) is 0 Å². The highest BCUT2D eigenvalue weighted by Gasteiger charge is 2.35. The van der Waals surface area contributed by atoms with E-state index in [-0.39, 0.29) is 12.3 Å². The second kappa shape index (κ2) is 3.30. The average Bonchev–Trinajstić information content (AvgIpc) is 1.87. The number of alkyl halides is 1. The highest BCUT2D eigenvalue weighted by molar-refractivity contribution is 4.93. The van der Waals surface area contributed by atoms with Gasteiger partial charge in [0, 0.05) is 6.54 Å². The summed E-state index contributed by atoms with van der Waals surface area (Å²) in [5.41, 5.74) is -0.351. The molecule has 1 rings (SSSR count). The van der Waals surface area contributed by atoms with Gasteiger partial charge in [-0.3, -0.25) is 10.6 Å². The Morgan fingerprint density at radius 2 is 2.40 bits per heavy atom. The lowest BCUT2D eigenvalue weighted by molar-refractivity contribution is 0.115. The second-order valence-corrected chi connectivity index (χ2v) is 2.82. The molecule has 1 atom stereocenters. The summed E-state index contributed by atoms with van der Waals surface area (Å²) in [5, 5.41) is 6.20. The van der Waals surface area contributed by atoms with Crippen LogP contribution in [-0.2, 0) is 0 Å². The zero-order chi connectivity index (χ0) is 7.45. The summed E-state index contributed by atoms with van der Waals surface area (Å²) in [7, 11) is 0. The van der Waals surface area contributed by atoms with Crippen molar-refractivity contribution in [3.05, 3.63) is 0 Å². The molecule has 0 spiro atoms. The van der Waals surface area contributed by atoms with Gasteiger partial charge in [-0.2, -0.15) is 0 Å². The van der Waals surface area contributed by atoms with Crippen molar-refractivity contribution < 1.29 is 4.39 Å². The Hall–Kier alpha value is -0.150. The third-order valence-electron chi connectivity index (χ3n) is 1.96. The molecule has 1 heterocycles. The largest absolute Gasteiger partial charge is 0.297 e. The van der Waals surface area contributed by atoms with Crippen LogP contribution in [0.2, 0.25) is 0 Å². The Kier molecular flexibility index (Phi) is 2.63. The van der Waals surface area contributed by atoms with E-state index in [1.54, 1.807) is 0 Å². The minimum Gasteiger partial charge on any atom is -0.297 e. The van der Waals surface area contributed by atoms with Crippen LogP contribution in [0.4, 0.5) is 4.39 Å². The topological polar surface area (TPSA) is 24.1 Å². The molecule has 1 aliphatic rings. The van der Waals surface area contributed by atoms with Crippen molar-refractivity contribution in [1.82, 2.24) is 10.6 Å². The molecule has 0 aliphatic carbocycles. The standard InChI is InChI=1S/C7H15FN2/c1-2-4-9-7(6-8)3-5-10-7/h9-10H,2-6H2,1H3. The summed E-state index contributed by atoms with van der Waals surface area (Å²) >= 11 is 0. The number of rotatable bonds is 4. The first-order chi connectivity index (χ1) is 4.83. The molecule has 0 aromatic heterocycles. The monoisotopic (exact) mass is 146 g/mol. The molecule has 1 aliphatic heterocycles. The van der Waals surface area contributed by atoms with Gasteiger partial charge in [0.15, 0.2) is 0 Å². The van der Waals surface area contributed by atoms with E-state index < -0.39 is 0 Å². The molecule has 10 heavy (non-hydrogen) atoms. The van der Waals surface area contributed by atoms with E-state index in [9.17, 15) is 4.39 Å². The van der Waals surface area contributed by atoms with Crippen molar-refractivity contribution in [1.29, 1.82) is 0 Å². The smallest absolute Gasteiger partial charge is 0.121 e. The Morgan fingerprint density at radius 1 is 1.70 bits per heavy atom. The molecular formula is C7H15FN2. The minimum atomic E-state index is -0.351. The van der Waals surface area contributed by atoms with Crippen LogP contribution < -0.4 is 10.6 Å². The molecule has 2 N–H and O–H groups in total. The van der Waals surface area contributed by atoms with Gasteiger partial charge in [0.05, 0.1) is 5.66 Å². The fraction of sp³-hybridized carbons (Fsp3) is 1.00. The molecule has 0 aromatic carbocycles. The van der Waals surface area contributed by atoms with Crippen LogP contribution in [0.3, 0.4) is 0 Å². The molecule has 0 bridgehead atoms. The summed E-state index contributed by atoms with van der Waals surface area (Å²) in [6.45, 7) is 3.63. The number of hydrogen-bond acceptors (Lipinski definition) is 2. The van der Waals surface area contributed by atoms with Crippen LogP contribution >= 0.6 is 0 Å². The van der Waals surface area contributed by atoms with E-state index in [2.05, 4.69) is 17.6 Å². The molecule has 1 fully saturated rings. The predicted octanol–water partition coefficient (Wildman–Crippen LogP) is 0.645. The zero-order valence-electron chi connectivity index (χ0n) is 6.41. The quantitative estimate of drug-likeness (QED) is 0.608. The lowest BCUT2D eigenvalue weighted by Gasteiger charge is -2.41. The first-order valence-electron chi connectivity index (χ1n) is 3.89. The van der Waals surface area contributed by atoms with Crippen LogP contribution in [0.25, 0.3) is 0 Å². The van der Waals surface area contributed by atoms with Crippen LogP contribution in [0.15, 0.2) is 0 Å². The molecule has 2 nitrogen and oxygen atoms in total. The van der Waals surface area contributed by atoms with Crippen molar-refractivity contribution in [2.75, 3.05) is 19.8 Å². The number of nitrogens with one attached hydrogen (secondary N) is 2. The summed E-state index contributed by atoms with van der Waals surface area (Å²) in [5.74, 6) is 0. The van der Waals surface area contributed by atoms with Crippen molar-refractivity contribution >= 4 is 0 Å². The van der Waals surface area contributed by atoms with Crippen molar-refractivity contribution in [2.24, 2.45) is 0 Å². The summed E-state index contributed by atoms with van der Waals surface area (Å²) in [6.07, 6.45) is 1.98. The Labute approximate surface area is 61.2 Å². The van der Waals surface area contributed by atoms with Gasteiger partial charge >= 0.3 is 0 Å². The fourth-order valence-corrected chi connectivity index (χ4v) is 1.10. The van der Waals surface area contributed by atoms with E-state index in [1.807, 2.05) is 0 Å². The van der Waals surface area contributed by atoms with Gasteiger partial charge in [-0.1, -0.05) is 6.92 Å². The number of halogens is 1.